The Morgan fingerprint density at radius 2 is 2.21 bits per heavy atom. The van der Waals surface area contributed by atoms with Gasteiger partial charge >= 0.3 is 5.97 Å². The van der Waals surface area contributed by atoms with Gasteiger partial charge in [0.25, 0.3) is 0 Å². The molecule has 0 aliphatic rings. The van der Waals surface area contributed by atoms with E-state index in [4.69, 9.17) is 22.1 Å². The molecule has 2 aromatic rings. The highest BCUT2D eigenvalue weighted by Crippen LogP contribution is 2.22. The Balaban J connectivity index is 2.13. The van der Waals surface area contributed by atoms with E-state index in [9.17, 15) is 4.79 Å². The van der Waals surface area contributed by atoms with E-state index in [1.54, 1.807) is 37.6 Å². The molecule has 3 N–H and O–H groups in total. The number of aromatic nitrogens is 2. The molecule has 126 valence electrons. The fourth-order valence-electron chi connectivity index (χ4n) is 2.09. The van der Waals surface area contributed by atoms with Gasteiger partial charge in [0.1, 0.15) is 5.75 Å². The van der Waals surface area contributed by atoms with Gasteiger partial charge in [0, 0.05) is 11.9 Å². The lowest BCUT2D eigenvalue weighted by atomic mass is 10.0. The molecule has 0 bridgehead atoms. The number of carboxylic acids is 1. The Morgan fingerprint density at radius 1 is 1.42 bits per heavy atom. The Hall–Kier alpha value is -2.74. The van der Waals surface area contributed by atoms with Crippen LogP contribution in [-0.4, -0.2) is 33.3 Å². The number of carbonyl (C=O) groups is 1. The third-order valence-corrected chi connectivity index (χ3v) is 3.42. The molecule has 0 aliphatic heterocycles. The van der Waals surface area contributed by atoms with Crippen LogP contribution in [0.25, 0.3) is 0 Å². The van der Waals surface area contributed by atoms with Crippen molar-refractivity contribution in [2.24, 2.45) is 0 Å². The van der Waals surface area contributed by atoms with Crippen LogP contribution in [0.4, 0.5) is 5.95 Å². The number of carboxylic acid groups (broad SMARTS) is 1. The van der Waals surface area contributed by atoms with E-state index in [-0.39, 0.29) is 11.5 Å². The van der Waals surface area contributed by atoms with E-state index in [2.05, 4.69) is 20.6 Å². The summed E-state index contributed by atoms with van der Waals surface area (Å²) in [6.07, 6.45) is 1.48. The third kappa shape index (κ3) is 5.17. The second-order valence-corrected chi connectivity index (χ2v) is 5.46. The minimum absolute atomic E-state index is 0.135. The van der Waals surface area contributed by atoms with Gasteiger partial charge in [-0.15, -0.1) is 0 Å². The normalized spacial score (nSPS) is 11.4. The van der Waals surface area contributed by atoms with Crippen molar-refractivity contribution in [2.75, 3.05) is 12.4 Å². The predicted octanol–water partition coefficient (Wildman–Crippen LogP) is 2.30. The van der Waals surface area contributed by atoms with E-state index in [1.807, 2.05) is 13.0 Å². The van der Waals surface area contributed by atoms with Crippen molar-refractivity contribution < 1.29 is 14.6 Å². The molecule has 0 amide bonds. The number of methoxy groups -OCH3 is 1. The quantitative estimate of drug-likeness (QED) is 0.686. The number of thiocarbonyl (C=S) groups is 1. The van der Waals surface area contributed by atoms with Crippen LogP contribution < -0.4 is 15.4 Å². The number of rotatable bonds is 6. The number of benzene rings is 1. The zero-order valence-electron chi connectivity index (χ0n) is 13.3. The molecule has 24 heavy (non-hydrogen) atoms. The van der Waals surface area contributed by atoms with E-state index >= 15 is 0 Å². The van der Waals surface area contributed by atoms with E-state index in [0.29, 0.717) is 11.7 Å². The molecule has 0 saturated heterocycles. The highest BCUT2D eigenvalue weighted by atomic mass is 32.1. The summed E-state index contributed by atoms with van der Waals surface area (Å²) in [6.45, 7) is 1.84. The maximum absolute atomic E-state index is 11.2. The number of anilines is 1. The molecule has 1 atom stereocenters. The minimum atomic E-state index is -0.940. The number of nitrogens with zero attached hydrogens (tertiary/aromatic N) is 2. The molecule has 0 aliphatic carbocycles. The Bertz CT molecular complexity index is 739. The predicted molar refractivity (Wildman–Crippen MR) is 94.1 cm³/mol. The second kappa shape index (κ2) is 8.21. The van der Waals surface area contributed by atoms with Gasteiger partial charge in [0.15, 0.2) is 5.11 Å². The van der Waals surface area contributed by atoms with Gasteiger partial charge in [-0.2, -0.15) is 0 Å². The number of nitrogens with one attached hydrogen (secondary N) is 2. The number of hydrogen-bond acceptors (Lipinski definition) is 5. The zero-order chi connectivity index (χ0) is 17.5. The molecule has 8 heteroatoms. The molecular weight excluding hydrogens is 328 g/mol. The average Bonchev–Trinajstić information content (AvgIpc) is 2.54. The number of hydrogen-bond donors (Lipinski definition) is 3. The maximum Gasteiger partial charge on any atom is 0.305 e. The summed E-state index contributed by atoms with van der Waals surface area (Å²) in [7, 11) is 1.56. The molecule has 1 aromatic carbocycles. The van der Waals surface area contributed by atoms with Crippen molar-refractivity contribution in [3.63, 3.8) is 0 Å². The molecular formula is C16H18N4O3S. The molecule has 0 unspecified atom stereocenters. The van der Waals surface area contributed by atoms with Crippen LogP contribution in [0.1, 0.15) is 23.7 Å². The number of aryl methyl sites for hydroxylation is 1. The second-order valence-electron chi connectivity index (χ2n) is 5.05. The SMILES string of the molecule is COc1cccc([C@H](CC(=O)O)NC(=S)Nc2nccc(C)n2)c1. The lowest BCUT2D eigenvalue weighted by molar-refractivity contribution is -0.137. The number of aliphatic carboxylic acids is 1. The fourth-order valence-corrected chi connectivity index (χ4v) is 2.32. The van der Waals surface area contributed by atoms with Gasteiger partial charge < -0.3 is 20.5 Å². The topological polar surface area (TPSA) is 96.4 Å². The summed E-state index contributed by atoms with van der Waals surface area (Å²) in [5.74, 6) is 0.0581. The molecule has 2 rings (SSSR count). The van der Waals surface area contributed by atoms with Gasteiger partial charge in [-0.05, 0) is 42.9 Å². The highest BCUT2D eigenvalue weighted by Gasteiger charge is 2.17. The lowest BCUT2D eigenvalue weighted by Gasteiger charge is -2.20. The lowest BCUT2D eigenvalue weighted by Crippen LogP contribution is -2.34. The standard InChI is InChI=1S/C16H18N4O3S/c1-10-6-7-17-15(18-10)20-16(24)19-13(9-14(21)22)11-4-3-5-12(8-11)23-2/h3-8,13H,9H2,1-2H3,(H,21,22)(H2,17,18,19,20,24)/t13-/m0/s1. The van der Waals surface area contributed by atoms with Crippen LogP contribution in [0.3, 0.4) is 0 Å². The van der Waals surface area contributed by atoms with Crippen molar-refractivity contribution in [3.8, 4) is 5.75 Å². The largest absolute Gasteiger partial charge is 0.497 e. The fraction of sp³-hybridized carbons (Fsp3) is 0.250. The minimum Gasteiger partial charge on any atom is -0.497 e. The summed E-state index contributed by atoms with van der Waals surface area (Å²) < 4.78 is 5.18. The first-order valence-corrected chi connectivity index (χ1v) is 7.61. The third-order valence-electron chi connectivity index (χ3n) is 3.20. The maximum atomic E-state index is 11.2. The monoisotopic (exact) mass is 346 g/mol. The molecule has 1 aromatic heterocycles. The molecule has 0 fully saturated rings. The average molecular weight is 346 g/mol. The van der Waals surface area contributed by atoms with Gasteiger partial charge in [0.2, 0.25) is 5.95 Å². The van der Waals surface area contributed by atoms with Crippen LogP contribution in [0, 0.1) is 6.92 Å². The smallest absolute Gasteiger partial charge is 0.305 e. The zero-order valence-corrected chi connectivity index (χ0v) is 14.1. The summed E-state index contributed by atoms with van der Waals surface area (Å²) in [4.78, 5) is 19.4. The van der Waals surface area contributed by atoms with Crippen LogP contribution in [0.2, 0.25) is 0 Å². The van der Waals surface area contributed by atoms with Crippen LogP contribution in [-0.2, 0) is 4.79 Å². The van der Waals surface area contributed by atoms with Gasteiger partial charge in [-0.25, -0.2) is 9.97 Å². The summed E-state index contributed by atoms with van der Waals surface area (Å²) in [5, 5.41) is 15.2. The number of ether oxygens (including phenoxy) is 1. The van der Waals surface area contributed by atoms with Crippen molar-refractivity contribution in [3.05, 3.63) is 47.8 Å². The van der Waals surface area contributed by atoms with Crippen LogP contribution in [0.5, 0.6) is 5.75 Å². The van der Waals surface area contributed by atoms with Crippen molar-refractivity contribution >= 4 is 29.2 Å². The summed E-state index contributed by atoms with van der Waals surface area (Å²) in [5.41, 5.74) is 1.55. The van der Waals surface area contributed by atoms with Crippen molar-refractivity contribution in [2.45, 2.75) is 19.4 Å². The van der Waals surface area contributed by atoms with E-state index < -0.39 is 12.0 Å². The van der Waals surface area contributed by atoms with E-state index in [0.717, 1.165) is 11.3 Å². The Labute approximate surface area is 145 Å². The summed E-state index contributed by atoms with van der Waals surface area (Å²) >= 11 is 5.24. The molecule has 0 spiro atoms. The highest BCUT2D eigenvalue weighted by molar-refractivity contribution is 7.80. The molecule has 0 saturated carbocycles. The van der Waals surface area contributed by atoms with E-state index in [1.165, 1.54) is 0 Å². The van der Waals surface area contributed by atoms with Gasteiger partial charge in [-0.3, -0.25) is 4.79 Å². The first-order valence-electron chi connectivity index (χ1n) is 7.21. The van der Waals surface area contributed by atoms with Gasteiger partial charge in [0.05, 0.1) is 19.6 Å². The first-order chi connectivity index (χ1) is 11.5. The van der Waals surface area contributed by atoms with Crippen LogP contribution in [0.15, 0.2) is 36.5 Å². The molecule has 7 nitrogen and oxygen atoms in total. The van der Waals surface area contributed by atoms with Gasteiger partial charge in [-0.1, -0.05) is 12.1 Å². The molecule has 0 radical (unpaired) electrons. The Morgan fingerprint density at radius 3 is 2.88 bits per heavy atom. The first kappa shape index (κ1) is 17.6. The molecule has 1 heterocycles. The van der Waals surface area contributed by atoms with Crippen molar-refractivity contribution in [1.29, 1.82) is 0 Å². The van der Waals surface area contributed by atoms with Crippen molar-refractivity contribution in [1.82, 2.24) is 15.3 Å². The Kier molecular flexibility index (Phi) is 6.02. The summed E-state index contributed by atoms with van der Waals surface area (Å²) in [6, 6.07) is 8.43. The van der Waals surface area contributed by atoms with Crippen LogP contribution >= 0.6 is 12.2 Å².